The number of nitrogens with zero attached hydrogens (tertiary/aromatic N) is 2. The second kappa shape index (κ2) is 9.47. The molecule has 98 valence electrons. The number of rotatable bonds is 6. The summed E-state index contributed by atoms with van der Waals surface area (Å²) >= 11 is 0. The Morgan fingerprint density at radius 3 is 2.47 bits per heavy atom. The summed E-state index contributed by atoms with van der Waals surface area (Å²) in [4.78, 5) is 4.81. The van der Waals surface area contributed by atoms with Gasteiger partial charge in [-0.05, 0) is 26.1 Å². The highest BCUT2D eigenvalue weighted by molar-refractivity contribution is 5.01. The fourth-order valence-electron chi connectivity index (χ4n) is 1.95. The van der Waals surface area contributed by atoms with Crippen molar-refractivity contribution in [3.8, 4) is 11.8 Å². The number of hydrogen-bond acceptors (Lipinski definition) is 3. The first-order valence-corrected chi connectivity index (χ1v) is 6.85. The summed E-state index contributed by atoms with van der Waals surface area (Å²) in [5, 5.41) is 0. The summed E-state index contributed by atoms with van der Waals surface area (Å²) in [6.07, 6.45) is 2.22. The number of ether oxygens (including phenoxy) is 1. The van der Waals surface area contributed by atoms with Crippen LogP contribution in [0.15, 0.2) is 0 Å². The monoisotopic (exact) mass is 238 g/mol. The van der Waals surface area contributed by atoms with Crippen molar-refractivity contribution in [1.29, 1.82) is 0 Å². The van der Waals surface area contributed by atoms with E-state index in [0.29, 0.717) is 0 Å². The van der Waals surface area contributed by atoms with E-state index in [9.17, 15) is 0 Å². The van der Waals surface area contributed by atoms with Crippen LogP contribution in [0.5, 0.6) is 0 Å². The summed E-state index contributed by atoms with van der Waals surface area (Å²) in [5.74, 6) is 6.54. The highest BCUT2D eigenvalue weighted by Crippen LogP contribution is 1.96. The first-order valence-electron chi connectivity index (χ1n) is 6.85. The second-order valence-corrected chi connectivity index (χ2v) is 4.37. The standard InChI is InChI=1S/C14H26N2O/c1-3-15(4-2)9-7-5-6-8-10-16-11-13-17-14-12-16/h3-5,7,9-14H2,1-2H3. The molecule has 0 radical (unpaired) electrons. The molecule has 0 aromatic rings. The highest BCUT2D eigenvalue weighted by atomic mass is 16.5. The van der Waals surface area contributed by atoms with Gasteiger partial charge in [-0.15, -0.1) is 5.92 Å². The number of morpholine rings is 1. The van der Waals surface area contributed by atoms with Crippen LogP contribution < -0.4 is 0 Å². The normalized spacial score (nSPS) is 16.9. The van der Waals surface area contributed by atoms with E-state index in [0.717, 1.165) is 52.4 Å². The third-order valence-electron chi connectivity index (χ3n) is 3.20. The molecule has 3 heteroatoms. The van der Waals surface area contributed by atoms with Gasteiger partial charge in [0.25, 0.3) is 0 Å². The van der Waals surface area contributed by atoms with E-state index in [1.54, 1.807) is 0 Å². The molecule has 0 unspecified atom stereocenters. The molecule has 0 N–H and O–H groups in total. The lowest BCUT2D eigenvalue weighted by Gasteiger charge is -2.24. The topological polar surface area (TPSA) is 15.7 Å². The molecule has 1 aliphatic heterocycles. The van der Waals surface area contributed by atoms with Crippen molar-refractivity contribution in [3.05, 3.63) is 0 Å². The van der Waals surface area contributed by atoms with Gasteiger partial charge in [0.05, 0.1) is 19.8 Å². The van der Waals surface area contributed by atoms with Gasteiger partial charge in [-0.25, -0.2) is 0 Å². The molecule has 3 nitrogen and oxygen atoms in total. The van der Waals surface area contributed by atoms with Crippen LogP contribution in [-0.2, 0) is 4.74 Å². The molecule has 0 saturated carbocycles. The predicted octanol–water partition coefficient (Wildman–Crippen LogP) is 1.44. The van der Waals surface area contributed by atoms with Crippen LogP contribution in [0.25, 0.3) is 0 Å². The average molecular weight is 238 g/mol. The van der Waals surface area contributed by atoms with E-state index in [1.807, 2.05) is 0 Å². The molecular weight excluding hydrogens is 212 g/mol. The van der Waals surface area contributed by atoms with E-state index in [1.165, 1.54) is 13.0 Å². The van der Waals surface area contributed by atoms with Crippen LogP contribution in [-0.4, -0.2) is 62.3 Å². The SMILES string of the molecule is CCN(CC)CCCC#CCN1CCOCC1. The van der Waals surface area contributed by atoms with Gasteiger partial charge in [-0.1, -0.05) is 19.8 Å². The van der Waals surface area contributed by atoms with E-state index in [4.69, 9.17) is 4.74 Å². The van der Waals surface area contributed by atoms with E-state index < -0.39 is 0 Å². The Hall–Kier alpha value is -0.560. The van der Waals surface area contributed by atoms with Gasteiger partial charge < -0.3 is 9.64 Å². The zero-order valence-corrected chi connectivity index (χ0v) is 11.4. The van der Waals surface area contributed by atoms with Crippen LogP contribution >= 0.6 is 0 Å². The van der Waals surface area contributed by atoms with Gasteiger partial charge >= 0.3 is 0 Å². The summed E-state index contributed by atoms with van der Waals surface area (Å²) in [7, 11) is 0. The van der Waals surface area contributed by atoms with Gasteiger partial charge in [0.1, 0.15) is 0 Å². The van der Waals surface area contributed by atoms with Crippen LogP contribution in [0, 0.1) is 11.8 Å². The minimum atomic E-state index is 0.865. The predicted molar refractivity (Wildman–Crippen MR) is 72.1 cm³/mol. The first kappa shape index (κ1) is 14.5. The Bertz CT molecular complexity index is 234. The number of unbranched alkanes of at least 4 members (excludes halogenated alkanes) is 1. The summed E-state index contributed by atoms with van der Waals surface area (Å²) in [5.41, 5.74) is 0. The third-order valence-corrected chi connectivity index (χ3v) is 3.20. The fraction of sp³-hybridized carbons (Fsp3) is 0.857. The van der Waals surface area contributed by atoms with E-state index in [-0.39, 0.29) is 0 Å². The summed E-state index contributed by atoms with van der Waals surface area (Å²) < 4.78 is 5.30. The van der Waals surface area contributed by atoms with Crippen molar-refractivity contribution >= 4 is 0 Å². The lowest BCUT2D eigenvalue weighted by atomic mass is 10.3. The average Bonchev–Trinajstić information content (AvgIpc) is 2.39. The van der Waals surface area contributed by atoms with Gasteiger partial charge in [-0.2, -0.15) is 0 Å². The van der Waals surface area contributed by atoms with Crippen molar-refractivity contribution in [1.82, 2.24) is 9.80 Å². The van der Waals surface area contributed by atoms with E-state index >= 15 is 0 Å². The molecule has 0 spiro atoms. The van der Waals surface area contributed by atoms with Crippen LogP contribution in [0.2, 0.25) is 0 Å². The van der Waals surface area contributed by atoms with Crippen molar-refractivity contribution < 1.29 is 4.74 Å². The molecule has 0 aliphatic carbocycles. The minimum Gasteiger partial charge on any atom is -0.379 e. The Balaban J connectivity index is 2.01. The molecule has 1 aliphatic rings. The Morgan fingerprint density at radius 1 is 1.12 bits per heavy atom. The van der Waals surface area contributed by atoms with Crippen LogP contribution in [0.3, 0.4) is 0 Å². The lowest BCUT2D eigenvalue weighted by Crippen LogP contribution is -2.36. The minimum absolute atomic E-state index is 0.865. The van der Waals surface area contributed by atoms with Crippen molar-refractivity contribution in [2.45, 2.75) is 26.7 Å². The molecule has 17 heavy (non-hydrogen) atoms. The molecule has 0 aromatic heterocycles. The summed E-state index contributed by atoms with van der Waals surface area (Å²) in [6, 6.07) is 0. The largest absolute Gasteiger partial charge is 0.379 e. The maximum absolute atomic E-state index is 5.30. The fourth-order valence-corrected chi connectivity index (χ4v) is 1.95. The van der Waals surface area contributed by atoms with Crippen molar-refractivity contribution in [3.63, 3.8) is 0 Å². The van der Waals surface area contributed by atoms with Gasteiger partial charge in [0, 0.05) is 19.5 Å². The Kier molecular flexibility index (Phi) is 8.08. The zero-order chi connectivity index (χ0) is 12.3. The molecule has 0 amide bonds. The van der Waals surface area contributed by atoms with E-state index in [2.05, 4.69) is 35.5 Å². The molecule has 1 fully saturated rings. The first-order chi connectivity index (χ1) is 8.36. The molecule has 1 saturated heterocycles. The lowest BCUT2D eigenvalue weighted by molar-refractivity contribution is 0.0443. The maximum atomic E-state index is 5.30. The molecule has 0 atom stereocenters. The molecule has 1 heterocycles. The molecular formula is C14H26N2O. The highest BCUT2D eigenvalue weighted by Gasteiger charge is 2.07. The van der Waals surface area contributed by atoms with Crippen molar-refractivity contribution in [2.75, 3.05) is 52.5 Å². The van der Waals surface area contributed by atoms with Gasteiger partial charge in [-0.3, -0.25) is 4.90 Å². The van der Waals surface area contributed by atoms with Gasteiger partial charge in [0.2, 0.25) is 0 Å². The van der Waals surface area contributed by atoms with Gasteiger partial charge in [0.15, 0.2) is 0 Å². The van der Waals surface area contributed by atoms with Crippen LogP contribution in [0.1, 0.15) is 26.7 Å². The molecule has 1 rings (SSSR count). The quantitative estimate of drug-likeness (QED) is 0.514. The number of hydrogen-bond donors (Lipinski definition) is 0. The zero-order valence-electron chi connectivity index (χ0n) is 11.4. The third kappa shape index (κ3) is 6.68. The Labute approximate surface area is 106 Å². The maximum Gasteiger partial charge on any atom is 0.0603 e. The van der Waals surface area contributed by atoms with Crippen LogP contribution in [0.4, 0.5) is 0 Å². The second-order valence-electron chi connectivity index (χ2n) is 4.37. The smallest absolute Gasteiger partial charge is 0.0603 e. The molecule has 0 aromatic carbocycles. The Morgan fingerprint density at radius 2 is 1.82 bits per heavy atom. The summed E-state index contributed by atoms with van der Waals surface area (Å²) in [6.45, 7) is 12.6. The molecule has 0 bridgehead atoms. The van der Waals surface area contributed by atoms with Crippen molar-refractivity contribution in [2.24, 2.45) is 0 Å².